The third-order valence-electron chi connectivity index (χ3n) is 4.91. The van der Waals surface area contributed by atoms with Gasteiger partial charge in [-0.15, -0.1) is 24.8 Å². The van der Waals surface area contributed by atoms with E-state index in [1.54, 1.807) is 0 Å². The molecule has 0 spiro atoms. The number of hydrogen-bond donors (Lipinski definition) is 2. The minimum absolute atomic E-state index is 0. The van der Waals surface area contributed by atoms with E-state index in [0.717, 1.165) is 32.8 Å². The van der Waals surface area contributed by atoms with Crippen LogP contribution in [0.25, 0.3) is 0 Å². The van der Waals surface area contributed by atoms with Crippen LogP contribution < -0.4 is 10.6 Å². The van der Waals surface area contributed by atoms with Crippen molar-refractivity contribution in [3.8, 4) is 0 Å². The van der Waals surface area contributed by atoms with Crippen LogP contribution in [0.3, 0.4) is 0 Å². The van der Waals surface area contributed by atoms with E-state index in [9.17, 15) is 4.79 Å². The van der Waals surface area contributed by atoms with Crippen molar-refractivity contribution in [2.24, 2.45) is 0 Å². The van der Waals surface area contributed by atoms with Gasteiger partial charge in [0, 0.05) is 45.2 Å². The number of benzene rings is 1. The SMILES string of the molecule is CC1CN(Cc2ccccc2CNC(=O)CC2COCCN2)CC(C)O1.Cl.Cl. The summed E-state index contributed by atoms with van der Waals surface area (Å²) in [4.78, 5) is 14.7. The second-order valence-corrected chi connectivity index (χ2v) is 7.43. The first-order valence-electron chi connectivity index (χ1n) is 9.62. The summed E-state index contributed by atoms with van der Waals surface area (Å²) in [5.74, 6) is 0.0661. The first-order chi connectivity index (χ1) is 12.6. The Morgan fingerprint density at radius 2 is 1.86 bits per heavy atom. The molecule has 2 aliphatic heterocycles. The van der Waals surface area contributed by atoms with Crippen LogP contribution in [0.1, 0.15) is 31.4 Å². The molecule has 0 bridgehead atoms. The molecule has 0 aliphatic carbocycles. The molecule has 3 unspecified atom stereocenters. The molecule has 2 fully saturated rings. The van der Waals surface area contributed by atoms with Crippen molar-refractivity contribution in [2.45, 2.75) is 51.6 Å². The van der Waals surface area contributed by atoms with Crippen molar-refractivity contribution in [3.05, 3.63) is 35.4 Å². The smallest absolute Gasteiger partial charge is 0.221 e. The highest BCUT2D eigenvalue weighted by Gasteiger charge is 2.23. The summed E-state index contributed by atoms with van der Waals surface area (Å²) < 4.78 is 11.2. The second-order valence-electron chi connectivity index (χ2n) is 7.43. The van der Waals surface area contributed by atoms with Crippen LogP contribution in [0.5, 0.6) is 0 Å². The molecule has 6 nitrogen and oxygen atoms in total. The Hall–Kier alpha value is -0.890. The van der Waals surface area contributed by atoms with Crippen LogP contribution in [-0.4, -0.2) is 61.9 Å². The minimum Gasteiger partial charge on any atom is -0.378 e. The van der Waals surface area contributed by atoms with Crippen molar-refractivity contribution in [2.75, 3.05) is 32.8 Å². The second kappa shape index (κ2) is 12.6. The maximum absolute atomic E-state index is 12.2. The quantitative estimate of drug-likeness (QED) is 0.719. The fourth-order valence-corrected chi connectivity index (χ4v) is 3.78. The van der Waals surface area contributed by atoms with Crippen LogP contribution in [0.2, 0.25) is 0 Å². The fraction of sp³-hybridized carbons (Fsp3) is 0.650. The number of carbonyl (C=O) groups excluding carboxylic acids is 1. The molecule has 0 radical (unpaired) electrons. The molecule has 2 aliphatic rings. The predicted octanol–water partition coefficient (Wildman–Crippen LogP) is 2.13. The molecule has 3 rings (SSSR count). The van der Waals surface area contributed by atoms with Gasteiger partial charge < -0.3 is 20.1 Å². The average molecular weight is 434 g/mol. The number of nitrogens with zero attached hydrogens (tertiary/aromatic N) is 1. The van der Waals surface area contributed by atoms with Crippen molar-refractivity contribution in [3.63, 3.8) is 0 Å². The third-order valence-corrected chi connectivity index (χ3v) is 4.91. The zero-order valence-electron chi connectivity index (χ0n) is 16.7. The Morgan fingerprint density at radius 3 is 2.50 bits per heavy atom. The minimum atomic E-state index is 0. The molecule has 2 N–H and O–H groups in total. The number of hydrogen-bond acceptors (Lipinski definition) is 5. The summed E-state index contributed by atoms with van der Waals surface area (Å²) in [5.41, 5.74) is 2.45. The van der Waals surface area contributed by atoms with Crippen LogP contribution >= 0.6 is 24.8 Å². The van der Waals surface area contributed by atoms with Crippen LogP contribution in [0, 0.1) is 0 Å². The highest BCUT2D eigenvalue weighted by molar-refractivity contribution is 5.85. The van der Waals surface area contributed by atoms with Crippen molar-refractivity contribution >= 4 is 30.7 Å². The molecule has 1 aromatic carbocycles. The number of amides is 1. The molecule has 0 aromatic heterocycles. The van der Waals surface area contributed by atoms with Gasteiger partial charge in [-0.25, -0.2) is 0 Å². The Morgan fingerprint density at radius 1 is 1.18 bits per heavy atom. The van der Waals surface area contributed by atoms with E-state index < -0.39 is 0 Å². The number of halogens is 2. The molecule has 8 heteroatoms. The summed E-state index contributed by atoms with van der Waals surface area (Å²) in [5, 5.41) is 6.38. The summed E-state index contributed by atoms with van der Waals surface area (Å²) >= 11 is 0. The van der Waals surface area contributed by atoms with Gasteiger partial charge in [-0.1, -0.05) is 24.3 Å². The number of morpholine rings is 2. The molecular formula is C20H33Cl2N3O3. The number of carbonyl (C=O) groups is 1. The van der Waals surface area contributed by atoms with Crippen LogP contribution in [-0.2, 0) is 27.4 Å². The van der Waals surface area contributed by atoms with E-state index in [2.05, 4.69) is 47.6 Å². The van der Waals surface area contributed by atoms with E-state index in [4.69, 9.17) is 9.47 Å². The van der Waals surface area contributed by atoms with Gasteiger partial charge in [0.1, 0.15) is 0 Å². The molecule has 2 saturated heterocycles. The molecule has 2 heterocycles. The number of rotatable bonds is 6. The van der Waals surface area contributed by atoms with Crippen LogP contribution in [0.4, 0.5) is 0 Å². The highest BCUT2D eigenvalue weighted by Crippen LogP contribution is 2.17. The Balaban J connectivity index is 0.00000196. The Labute approximate surface area is 180 Å². The normalized spacial score (nSPS) is 25.3. The first kappa shape index (κ1) is 25.1. The molecular weight excluding hydrogens is 401 g/mol. The van der Waals surface area contributed by atoms with E-state index in [0.29, 0.717) is 19.6 Å². The standard InChI is InChI=1S/C20H31N3O3.2ClH/c1-15-11-23(12-16(2)26-15)13-18-6-4-3-5-17(18)10-22-20(24)9-19-14-25-8-7-21-19;;/h3-6,15-16,19,21H,7-14H2,1-2H3,(H,22,24);2*1H. The Bertz CT molecular complexity index is 590. The van der Waals surface area contributed by atoms with Gasteiger partial charge in [0.05, 0.1) is 25.4 Å². The van der Waals surface area contributed by atoms with Crippen LogP contribution in [0.15, 0.2) is 24.3 Å². The molecule has 0 saturated carbocycles. The van der Waals surface area contributed by atoms with Gasteiger partial charge >= 0.3 is 0 Å². The summed E-state index contributed by atoms with van der Waals surface area (Å²) in [7, 11) is 0. The Kier molecular flexibility index (Phi) is 11.3. The average Bonchev–Trinajstić information content (AvgIpc) is 2.61. The van der Waals surface area contributed by atoms with Gasteiger partial charge in [0.2, 0.25) is 5.91 Å². The van der Waals surface area contributed by atoms with Crippen molar-refractivity contribution in [1.29, 1.82) is 0 Å². The lowest BCUT2D eigenvalue weighted by atomic mass is 10.1. The molecule has 1 aromatic rings. The highest BCUT2D eigenvalue weighted by atomic mass is 35.5. The maximum atomic E-state index is 12.2. The monoisotopic (exact) mass is 433 g/mol. The largest absolute Gasteiger partial charge is 0.378 e. The fourth-order valence-electron chi connectivity index (χ4n) is 3.78. The molecule has 28 heavy (non-hydrogen) atoms. The lowest BCUT2D eigenvalue weighted by molar-refractivity contribution is -0.122. The topological polar surface area (TPSA) is 62.8 Å². The molecule has 1 amide bonds. The number of ether oxygens (including phenoxy) is 2. The summed E-state index contributed by atoms with van der Waals surface area (Å²) in [6.07, 6.45) is 0.979. The van der Waals surface area contributed by atoms with Gasteiger partial charge in [-0.05, 0) is 25.0 Å². The van der Waals surface area contributed by atoms with Gasteiger partial charge in [-0.2, -0.15) is 0 Å². The maximum Gasteiger partial charge on any atom is 0.221 e. The lowest BCUT2D eigenvalue weighted by Crippen LogP contribution is -2.45. The molecule has 3 atom stereocenters. The third kappa shape index (κ3) is 7.85. The summed E-state index contributed by atoms with van der Waals surface area (Å²) in [6, 6.07) is 8.48. The van der Waals surface area contributed by atoms with Crippen molar-refractivity contribution < 1.29 is 14.3 Å². The zero-order chi connectivity index (χ0) is 18.4. The molecule has 160 valence electrons. The van der Waals surface area contributed by atoms with E-state index in [1.807, 2.05) is 6.07 Å². The van der Waals surface area contributed by atoms with Gasteiger partial charge in [-0.3, -0.25) is 9.69 Å². The van der Waals surface area contributed by atoms with Gasteiger partial charge in [0.25, 0.3) is 0 Å². The van der Waals surface area contributed by atoms with E-state index in [-0.39, 0.29) is 49.0 Å². The van der Waals surface area contributed by atoms with Gasteiger partial charge in [0.15, 0.2) is 0 Å². The summed E-state index contributed by atoms with van der Waals surface area (Å²) in [6.45, 7) is 9.74. The predicted molar refractivity (Wildman–Crippen MR) is 115 cm³/mol. The first-order valence-corrected chi connectivity index (χ1v) is 9.62. The number of nitrogens with one attached hydrogen (secondary N) is 2. The van der Waals surface area contributed by atoms with E-state index >= 15 is 0 Å². The van der Waals surface area contributed by atoms with Crippen molar-refractivity contribution in [1.82, 2.24) is 15.5 Å². The van der Waals surface area contributed by atoms with E-state index in [1.165, 1.54) is 11.1 Å². The zero-order valence-corrected chi connectivity index (χ0v) is 18.3. The lowest BCUT2D eigenvalue weighted by Gasteiger charge is -2.35.